The molecule has 2 heterocycles. The monoisotopic (exact) mass is 511 g/mol. The Hall–Kier alpha value is -3.63. The summed E-state index contributed by atoms with van der Waals surface area (Å²) in [4.78, 5) is 39.4. The van der Waals surface area contributed by atoms with Crippen LogP contribution in [-0.4, -0.2) is 75.4 Å². The second kappa shape index (κ2) is 12.1. The normalized spacial score (nSPS) is 21.0. The SMILES string of the molecule is COCC(=O)Nc1ccc2c(c1)C(=O)N(C)[C@H]1CC[C@H](CC(=O)NCc3ccc(OC)cc3)O[C@@H]1CO2. The van der Waals surface area contributed by atoms with Gasteiger partial charge in [-0.15, -0.1) is 0 Å². The smallest absolute Gasteiger partial charge is 0.257 e. The highest BCUT2D eigenvalue weighted by molar-refractivity contribution is 6.00. The molecule has 2 N–H and O–H groups in total. The number of carbonyl (C=O) groups is 3. The molecule has 1 fully saturated rings. The Labute approximate surface area is 216 Å². The van der Waals surface area contributed by atoms with Crippen LogP contribution in [-0.2, 0) is 25.6 Å². The molecule has 3 atom stereocenters. The highest BCUT2D eigenvalue weighted by atomic mass is 16.5. The Morgan fingerprint density at radius 3 is 2.59 bits per heavy atom. The molecule has 2 aliphatic heterocycles. The summed E-state index contributed by atoms with van der Waals surface area (Å²) in [5.41, 5.74) is 1.84. The van der Waals surface area contributed by atoms with Crippen LogP contribution in [0.2, 0.25) is 0 Å². The molecule has 0 unspecified atom stereocenters. The lowest BCUT2D eigenvalue weighted by Crippen LogP contribution is -2.53. The molecule has 0 bridgehead atoms. The van der Waals surface area contributed by atoms with Crippen LogP contribution in [0.4, 0.5) is 5.69 Å². The van der Waals surface area contributed by atoms with Gasteiger partial charge in [0.05, 0.1) is 31.2 Å². The number of anilines is 1. The molecule has 0 aromatic heterocycles. The third kappa shape index (κ3) is 6.58. The first-order chi connectivity index (χ1) is 17.9. The van der Waals surface area contributed by atoms with E-state index in [1.165, 1.54) is 7.11 Å². The van der Waals surface area contributed by atoms with Gasteiger partial charge in [-0.3, -0.25) is 14.4 Å². The molecule has 2 aromatic rings. The standard InChI is InChI=1S/C27H33N3O7/c1-30-22-10-9-20(13-25(31)28-14-17-4-7-19(35-3)8-5-17)37-24(22)15-36-23-11-6-18(12-21(23)27(30)33)29-26(32)16-34-2/h4-8,11-12,20,22,24H,9-10,13-16H2,1-3H3,(H,28,31)(H,29,32)/t20-,22+,24-/m1/s1. The lowest BCUT2D eigenvalue weighted by Gasteiger charge is -2.42. The van der Waals surface area contributed by atoms with Crippen molar-refractivity contribution in [2.45, 2.75) is 44.1 Å². The number of fused-ring (bicyclic) bond motifs is 2. The topological polar surface area (TPSA) is 115 Å². The number of ether oxygens (including phenoxy) is 4. The Morgan fingerprint density at radius 2 is 1.86 bits per heavy atom. The van der Waals surface area contributed by atoms with Gasteiger partial charge in [0.25, 0.3) is 5.91 Å². The number of amides is 3. The summed E-state index contributed by atoms with van der Waals surface area (Å²) in [6.07, 6.45) is 0.942. The number of carbonyl (C=O) groups excluding carboxylic acids is 3. The Morgan fingerprint density at radius 1 is 1.08 bits per heavy atom. The summed E-state index contributed by atoms with van der Waals surface area (Å²) in [6, 6.07) is 12.3. The van der Waals surface area contributed by atoms with Crippen LogP contribution in [0.25, 0.3) is 0 Å². The van der Waals surface area contributed by atoms with E-state index < -0.39 is 0 Å². The molecular formula is C27H33N3O7. The Bertz CT molecular complexity index is 1120. The van der Waals surface area contributed by atoms with E-state index in [-0.39, 0.29) is 55.6 Å². The van der Waals surface area contributed by atoms with Crippen molar-refractivity contribution in [1.82, 2.24) is 10.2 Å². The van der Waals surface area contributed by atoms with Crippen LogP contribution >= 0.6 is 0 Å². The van der Waals surface area contributed by atoms with E-state index in [1.807, 2.05) is 24.3 Å². The maximum atomic E-state index is 13.3. The van der Waals surface area contributed by atoms with Crippen LogP contribution in [0.1, 0.15) is 35.2 Å². The number of hydrogen-bond donors (Lipinski definition) is 2. The van der Waals surface area contributed by atoms with Crippen LogP contribution in [0, 0.1) is 0 Å². The van der Waals surface area contributed by atoms with Crippen molar-refractivity contribution < 1.29 is 33.3 Å². The molecule has 2 aromatic carbocycles. The Kier molecular flexibility index (Phi) is 8.62. The summed E-state index contributed by atoms with van der Waals surface area (Å²) < 4.78 is 22.2. The van der Waals surface area contributed by atoms with E-state index in [1.54, 1.807) is 37.3 Å². The molecule has 10 heteroatoms. The van der Waals surface area contributed by atoms with Crippen molar-refractivity contribution in [3.05, 3.63) is 53.6 Å². The molecule has 4 rings (SSSR count). The predicted octanol–water partition coefficient (Wildman–Crippen LogP) is 2.37. The minimum absolute atomic E-state index is 0.0802. The van der Waals surface area contributed by atoms with Crippen LogP contribution in [0.15, 0.2) is 42.5 Å². The number of rotatable bonds is 8. The van der Waals surface area contributed by atoms with E-state index in [4.69, 9.17) is 18.9 Å². The lowest BCUT2D eigenvalue weighted by molar-refractivity contribution is -0.134. The highest BCUT2D eigenvalue weighted by Gasteiger charge is 2.39. The predicted molar refractivity (Wildman–Crippen MR) is 136 cm³/mol. The highest BCUT2D eigenvalue weighted by Crippen LogP contribution is 2.32. The van der Waals surface area contributed by atoms with E-state index in [0.29, 0.717) is 36.4 Å². The van der Waals surface area contributed by atoms with Crippen LogP contribution in [0.5, 0.6) is 11.5 Å². The lowest BCUT2D eigenvalue weighted by atomic mass is 9.94. The molecule has 0 radical (unpaired) electrons. The third-order valence-electron chi connectivity index (χ3n) is 6.63. The number of benzene rings is 2. The minimum atomic E-state index is -0.365. The van der Waals surface area contributed by atoms with Crippen molar-refractivity contribution in [1.29, 1.82) is 0 Å². The maximum Gasteiger partial charge on any atom is 0.257 e. The zero-order valence-electron chi connectivity index (χ0n) is 21.3. The molecule has 3 amide bonds. The fourth-order valence-corrected chi connectivity index (χ4v) is 4.66. The van der Waals surface area contributed by atoms with Gasteiger partial charge in [-0.05, 0) is 48.7 Å². The number of nitrogens with one attached hydrogen (secondary N) is 2. The van der Waals surface area contributed by atoms with Crippen LogP contribution < -0.4 is 20.1 Å². The summed E-state index contributed by atoms with van der Waals surface area (Å²) >= 11 is 0. The van der Waals surface area contributed by atoms with E-state index in [0.717, 1.165) is 11.3 Å². The van der Waals surface area contributed by atoms with Crippen molar-refractivity contribution in [2.75, 3.05) is 39.8 Å². The first-order valence-corrected chi connectivity index (χ1v) is 12.3. The third-order valence-corrected chi connectivity index (χ3v) is 6.63. The first-order valence-electron chi connectivity index (χ1n) is 12.3. The van der Waals surface area contributed by atoms with Crippen molar-refractivity contribution in [3.63, 3.8) is 0 Å². The maximum absolute atomic E-state index is 13.3. The minimum Gasteiger partial charge on any atom is -0.497 e. The van der Waals surface area contributed by atoms with Gasteiger partial charge in [0.15, 0.2) is 0 Å². The number of hydrogen-bond acceptors (Lipinski definition) is 7. The Balaban J connectivity index is 1.35. The molecule has 10 nitrogen and oxygen atoms in total. The van der Waals surface area contributed by atoms with Gasteiger partial charge in [-0.25, -0.2) is 0 Å². The molecule has 0 spiro atoms. The molecular weight excluding hydrogens is 478 g/mol. The summed E-state index contributed by atoms with van der Waals surface area (Å²) in [5, 5.41) is 5.65. The van der Waals surface area contributed by atoms with Crippen molar-refractivity contribution >= 4 is 23.4 Å². The van der Waals surface area contributed by atoms with Gasteiger partial charge in [0, 0.05) is 26.4 Å². The molecule has 1 saturated heterocycles. The van der Waals surface area contributed by atoms with Crippen LogP contribution in [0.3, 0.4) is 0 Å². The van der Waals surface area contributed by atoms with Crippen molar-refractivity contribution in [2.24, 2.45) is 0 Å². The van der Waals surface area contributed by atoms with Gasteiger partial charge < -0.3 is 34.5 Å². The number of methoxy groups -OCH3 is 2. The zero-order chi connectivity index (χ0) is 26.4. The van der Waals surface area contributed by atoms with Gasteiger partial charge in [-0.2, -0.15) is 0 Å². The van der Waals surface area contributed by atoms with Gasteiger partial charge in [-0.1, -0.05) is 12.1 Å². The average molecular weight is 512 g/mol. The van der Waals surface area contributed by atoms with Gasteiger partial charge in [0.2, 0.25) is 11.8 Å². The van der Waals surface area contributed by atoms with Gasteiger partial charge >= 0.3 is 0 Å². The molecule has 0 saturated carbocycles. The van der Waals surface area contributed by atoms with Gasteiger partial charge in [0.1, 0.15) is 30.8 Å². The second-order valence-electron chi connectivity index (χ2n) is 9.19. The van der Waals surface area contributed by atoms with E-state index in [2.05, 4.69) is 10.6 Å². The quantitative estimate of drug-likeness (QED) is 0.559. The largest absolute Gasteiger partial charge is 0.497 e. The summed E-state index contributed by atoms with van der Waals surface area (Å²) in [6.45, 7) is 0.588. The molecule has 37 heavy (non-hydrogen) atoms. The molecule has 198 valence electrons. The number of nitrogens with zero attached hydrogens (tertiary/aromatic N) is 1. The summed E-state index contributed by atoms with van der Waals surface area (Å²) in [5.74, 6) is 0.565. The zero-order valence-corrected chi connectivity index (χ0v) is 21.3. The first kappa shape index (κ1) is 26.4. The molecule has 0 aliphatic carbocycles. The summed E-state index contributed by atoms with van der Waals surface area (Å²) in [7, 11) is 4.80. The second-order valence-corrected chi connectivity index (χ2v) is 9.19. The van der Waals surface area contributed by atoms with E-state index in [9.17, 15) is 14.4 Å². The van der Waals surface area contributed by atoms with E-state index >= 15 is 0 Å². The number of likely N-dealkylation sites (N-methyl/N-ethyl adjacent to an activating group) is 1. The average Bonchev–Trinajstić information content (AvgIpc) is 2.90. The fourth-order valence-electron chi connectivity index (χ4n) is 4.66. The fraction of sp³-hybridized carbons (Fsp3) is 0.444. The molecule has 2 aliphatic rings. The van der Waals surface area contributed by atoms with Crippen molar-refractivity contribution in [3.8, 4) is 11.5 Å².